The van der Waals surface area contributed by atoms with Gasteiger partial charge >= 0.3 is 5.97 Å². The molecule has 3 aromatic rings. The maximum Gasteiger partial charge on any atom is 0.305 e. The number of amides is 2. The van der Waals surface area contributed by atoms with Crippen LogP contribution < -0.4 is 24.9 Å². The molecule has 2 heterocycles. The van der Waals surface area contributed by atoms with E-state index in [1.165, 1.54) is 12.3 Å². The molecule has 0 aliphatic carbocycles. The molecule has 1 spiro atoms. The number of fused-ring (bicyclic) bond motifs is 2. The zero-order valence-corrected chi connectivity index (χ0v) is 29.6. The predicted molar refractivity (Wildman–Crippen MR) is 187 cm³/mol. The molecular formula is C37H46N2O8Si. The maximum atomic E-state index is 14.8. The average Bonchev–Trinajstić information content (AvgIpc) is 3.52. The number of methoxy groups -OCH3 is 3. The topological polar surface area (TPSA) is 124 Å². The summed E-state index contributed by atoms with van der Waals surface area (Å²) in [5.74, 6) is 0.430. The van der Waals surface area contributed by atoms with E-state index >= 15 is 0 Å². The Hall–Kier alpha value is -4.19. The Labute approximate surface area is 283 Å². The van der Waals surface area contributed by atoms with Crippen LogP contribution in [-0.4, -0.2) is 71.5 Å². The Morgan fingerprint density at radius 2 is 1.60 bits per heavy atom. The Morgan fingerprint density at radius 3 is 2.21 bits per heavy atom. The van der Waals surface area contributed by atoms with Crippen molar-refractivity contribution in [3.8, 4) is 11.5 Å². The highest BCUT2D eigenvalue weighted by molar-refractivity contribution is 6.91. The van der Waals surface area contributed by atoms with E-state index in [4.69, 9.17) is 18.9 Å². The van der Waals surface area contributed by atoms with Crippen LogP contribution >= 0.6 is 0 Å². The van der Waals surface area contributed by atoms with E-state index in [-0.39, 0.29) is 48.4 Å². The molecule has 0 aromatic heterocycles. The molecule has 1 fully saturated rings. The first-order valence-electron chi connectivity index (χ1n) is 16.4. The number of carbonyl (C=O) groups excluding carboxylic acids is 3. The zero-order chi connectivity index (χ0) is 34.6. The van der Waals surface area contributed by atoms with Gasteiger partial charge in [-0.1, -0.05) is 37.3 Å². The van der Waals surface area contributed by atoms with Crippen LogP contribution in [0, 0.1) is 5.92 Å². The fourth-order valence-corrected chi connectivity index (χ4v) is 11.7. The summed E-state index contributed by atoms with van der Waals surface area (Å²) in [5.41, 5.74) is 1.09. The molecule has 2 aliphatic rings. The van der Waals surface area contributed by atoms with Gasteiger partial charge in [0, 0.05) is 42.3 Å². The third-order valence-corrected chi connectivity index (χ3v) is 14.5. The van der Waals surface area contributed by atoms with Gasteiger partial charge in [0.25, 0.3) is 11.8 Å². The van der Waals surface area contributed by atoms with Crippen molar-refractivity contribution in [3.05, 3.63) is 77.9 Å². The summed E-state index contributed by atoms with van der Waals surface area (Å²) in [6.45, 7) is 6.99. The average molecular weight is 675 g/mol. The molecule has 11 heteroatoms. The Balaban J connectivity index is 1.54. The van der Waals surface area contributed by atoms with Crippen molar-refractivity contribution < 1.29 is 38.4 Å². The Morgan fingerprint density at radius 1 is 0.958 bits per heavy atom. The summed E-state index contributed by atoms with van der Waals surface area (Å²) in [4.78, 5) is 41.6. The van der Waals surface area contributed by atoms with Crippen molar-refractivity contribution in [1.29, 1.82) is 0 Å². The fraction of sp³-hybridized carbons (Fsp3) is 0.432. The molecule has 2 N–H and O–H groups in total. The number of esters is 1. The molecule has 2 aliphatic heterocycles. The number of rotatable bonds is 13. The number of nitrogens with one attached hydrogen (secondary N) is 1. The predicted octanol–water partition coefficient (Wildman–Crippen LogP) is 5.24. The van der Waals surface area contributed by atoms with E-state index < -0.39 is 13.7 Å². The number of aliphatic hydroxyl groups is 1. The van der Waals surface area contributed by atoms with Gasteiger partial charge < -0.3 is 34.3 Å². The van der Waals surface area contributed by atoms with E-state index in [9.17, 15) is 19.5 Å². The molecule has 0 radical (unpaired) electrons. The minimum Gasteiger partial charge on any atom is -0.497 e. The third kappa shape index (κ3) is 6.46. The summed E-state index contributed by atoms with van der Waals surface area (Å²) < 4.78 is 22.4. The second-order valence-corrected chi connectivity index (χ2v) is 17.8. The molecule has 10 nitrogen and oxygen atoms in total. The van der Waals surface area contributed by atoms with Gasteiger partial charge in [0.15, 0.2) is 5.60 Å². The van der Waals surface area contributed by atoms with Gasteiger partial charge in [-0.25, -0.2) is 0 Å². The van der Waals surface area contributed by atoms with Crippen molar-refractivity contribution >= 4 is 42.4 Å². The number of hydrogen-bond acceptors (Lipinski definition) is 8. The van der Waals surface area contributed by atoms with E-state index in [0.29, 0.717) is 48.4 Å². The number of nitrogens with zero attached hydrogens (tertiary/aromatic N) is 1. The number of hydrogen-bond donors (Lipinski definition) is 2. The highest BCUT2D eigenvalue weighted by Crippen LogP contribution is 2.60. The van der Waals surface area contributed by atoms with Crippen molar-refractivity contribution in [2.24, 2.45) is 5.92 Å². The van der Waals surface area contributed by atoms with Crippen molar-refractivity contribution in [2.75, 3.05) is 44.7 Å². The molecule has 1 saturated heterocycles. The first kappa shape index (κ1) is 35.1. The van der Waals surface area contributed by atoms with E-state index in [0.717, 1.165) is 11.4 Å². The number of carbonyl (C=O) groups is 3. The number of anilines is 2. The number of benzene rings is 3. The van der Waals surface area contributed by atoms with Gasteiger partial charge in [0.05, 0.1) is 41.2 Å². The van der Waals surface area contributed by atoms with E-state index in [1.54, 1.807) is 49.5 Å². The quantitative estimate of drug-likeness (QED) is 0.143. The molecule has 0 saturated carbocycles. The van der Waals surface area contributed by atoms with Crippen LogP contribution in [0.5, 0.6) is 11.5 Å². The van der Waals surface area contributed by atoms with Gasteiger partial charge in [-0.3, -0.25) is 14.4 Å². The maximum absolute atomic E-state index is 14.8. The summed E-state index contributed by atoms with van der Waals surface area (Å²) in [7, 11) is 2.24. The fourth-order valence-electron chi connectivity index (χ4n) is 7.60. The molecule has 0 unspecified atom stereocenters. The smallest absolute Gasteiger partial charge is 0.305 e. The second kappa shape index (κ2) is 14.5. The molecule has 0 bridgehead atoms. The number of unbranched alkanes of at least 4 members (excludes halogenated alkanes) is 1. The lowest BCUT2D eigenvalue weighted by Crippen LogP contribution is -2.52. The second-order valence-electron chi connectivity index (χ2n) is 13.1. The van der Waals surface area contributed by atoms with Crippen molar-refractivity contribution in [1.82, 2.24) is 0 Å². The molecule has 48 heavy (non-hydrogen) atoms. The lowest BCUT2D eigenvalue weighted by Gasteiger charge is -2.37. The van der Waals surface area contributed by atoms with Gasteiger partial charge in [-0.2, -0.15) is 0 Å². The van der Waals surface area contributed by atoms with Crippen LogP contribution in [0.1, 0.15) is 48.5 Å². The summed E-state index contributed by atoms with van der Waals surface area (Å²) >= 11 is 0. The largest absolute Gasteiger partial charge is 0.497 e. The van der Waals surface area contributed by atoms with Crippen molar-refractivity contribution in [2.45, 2.75) is 62.9 Å². The van der Waals surface area contributed by atoms with Gasteiger partial charge in [-0.15, -0.1) is 0 Å². The van der Waals surface area contributed by atoms with Crippen LogP contribution in [0.3, 0.4) is 0 Å². The van der Waals surface area contributed by atoms with Crippen LogP contribution in [-0.2, 0) is 24.7 Å². The molecule has 256 valence electrons. The van der Waals surface area contributed by atoms with E-state index in [1.807, 2.05) is 24.3 Å². The summed E-state index contributed by atoms with van der Waals surface area (Å²) in [5, 5.41) is 14.4. The van der Waals surface area contributed by atoms with Gasteiger partial charge in [-0.05, 0) is 79.4 Å². The van der Waals surface area contributed by atoms with Crippen LogP contribution in [0.25, 0.3) is 0 Å². The molecular weight excluding hydrogens is 628 g/mol. The molecule has 5 rings (SSSR count). The molecule has 2 amide bonds. The minimum absolute atomic E-state index is 0.0216. The normalized spacial score (nSPS) is 21.7. The monoisotopic (exact) mass is 674 g/mol. The van der Waals surface area contributed by atoms with Crippen molar-refractivity contribution in [3.63, 3.8) is 0 Å². The first-order chi connectivity index (χ1) is 23.0. The number of ether oxygens (including phenoxy) is 4. The lowest BCUT2D eigenvalue weighted by molar-refractivity contribution is -0.146. The molecule has 3 aromatic carbocycles. The Kier molecular flexibility index (Phi) is 10.6. The third-order valence-electron chi connectivity index (χ3n) is 10.1. The summed E-state index contributed by atoms with van der Waals surface area (Å²) in [6.07, 6.45) is 1.44. The minimum atomic E-state index is -2.35. The highest BCUT2D eigenvalue weighted by atomic mass is 28.3. The van der Waals surface area contributed by atoms with Crippen LogP contribution in [0.15, 0.2) is 66.7 Å². The van der Waals surface area contributed by atoms with E-state index in [2.05, 4.69) is 37.5 Å². The van der Waals surface area contributed by atoms with Gasteiger partial charge in [0.1, 0.15) is 11.5 Å². The zero-order valence-electron chi connectivity index (χ0n) is 28.6. The number of aliphatic hydroxyl groups excluding tert-OH is 1. The van der Waals surface area contributed by atoms with Gasteiger partial charge in [0.2, 0.25) is 0 Å². The first-order valence-corrected chi connectivity index (χ1v) is 19.5. The molecule has 4 atom stereocenters. The van der Waals surface area contributed by atoms with Crippen LogP contribution in [0.4, 0.5) is 11.4 Å². The lowest BCUT2D eigenvalue weighted by atomic mass is 9.82. The Bertz CT molecular complexity index is 1630. The highest BCUT2D eigenvalue weighted by Gasteiger charge is 2.66. The SMILES string of the molecule is COC(=O)CCCCN1C(=O)[C@@]2(O[C@@H](CCO)[C@H]([Si](C)(C)c3ccc(OC)cc3)[C@H]2C)c2cc(NC(=O)c3ccc(OC)cc3)ccc21. The van der Waals surface area contributed by atoms with Crippen LogP contribution in [0.2, 0.25) is 18.6 Å². The standard InChI is InChI=1S/C37H46N2O8Si/c1-24-34(48(5,6)29-17-15-28(45-3)16-18-29)32(20-22-40)47-37(24)30-23-26(38-35(42)25-10-13-27(44-2)14-11-25)12-19-31(30)39(36(37)43)21-8-7-9-33(41)46-4/h10-19,23-24,32,34,40H,7-9,20-22H2,1-6H3,(H,38,42)/t24-,32+,34-,37+/m1/s1. The summed E-state index contributed by atoms with van der Waals surface area (Å²) in [6, 6.07) is 20.5.